The molecule has 1 fully saturated rings. The van der Waals surface area contributed by atoms with Gasteiger partial charge in [0.15, 0.2) is 0 Å². The zero-order chi connectivity index (χ0) is 14.4. The Kier molecular flexibility index (Phi) is 5.98. The molecule has 0 saturated carbocycles. The van der Waals surface area contributed by atoms with E-state index in [1.807, 2.05) is 7.05 Å². The van der Waals surface area contributed by atoms with Crippen LogP contribution in [0.3, 0.4) is 0 Å². The van der Waals surface area contributed by atoms with Gasteiger partial charge in [-0.15, -0.1) is 0 Å². The van der Waals surface area contributed by atoms with E-state index >= 15 is 0 Å². The summed E-state index contributed by atoms with van der Waals surface area (Å²) in [6.45, 7) is 6.56. The van der Waals surface area contributed by atoms with Gasteiger partial charge in [-0.2, -0.15) is 0 Å². The highest BCUT2D eigenvalue weighted by molar-refractivity contribution is 5.31. The van der Waals surface area contributed by atoms with Gasteiger partial charge < -0.3 is 14.8 Å². The number of benzene rings is 1. The normalized spacial score (nSPS) is 23.9. The molecule has 0 bridgehead atoms. The van der Waals surface area contributed by atoms with Crippen LogP contribution in [0.15, 0.2) is 24.3 Å². The minimum absolute atomic E-state index is 0.187. The minimum Gasteiger partial charge on any atom is -0.380 e. The molecule has 0 aliphatic carbocycles. The molecule has 112 valence electrons. The molecule has 2 rings (SSSR count). The van der Waals surface area contributed by atoms with Crippen LogP contribution in [0.2, 0.25) is 0 Å². The minimum atomic E-state index is 0.187. The maximum absolute atomic E-state index is 6.01. The van der Waals surface area contributed by atoms with Crippen LogP contribution in [0, 0.1) is 0 Å². The van der Waals surface area contributed by atoms with Crippen molar-refractivity contribution in [1.29, 1.82) is 0 Å². The Morgan fingerprint density at radius 2 is 2.20 bits per heavy atom. The van der Waals surface area contributed by atoms with Gasteiger partial charge in [0.25, 0.3) is 0 Å². The lowest BCUT2D eigenvalue weighted by Gasteiger charge is -2.41. The van der Waals surface area contributed by atoms with Crippen LogP contribution in [-0.2, 0) is 16.1 Å². The molecule has 1 saturated heterocycles. The van der Waals surface area contributed by atoms with Crippen molar-refractivity contribution in [3.8, 4) is 0 Å². The highest BCUT2D eigenvalue weighted by Gasteiger charge is 2.33. The number of nitrogens with one attached hydrogen (secondary N) is 1. The molecule has 0 amide bonds. The SMILES string of the molecule is CCN1CCOC(CNC)C1c1ccccc1COC. The van der Waals surface area contributed by atoms with Crippen molar-refractivity contribution in [2.75, 3.05) is 40.4 Å². The van der Waals surface area contributed by atoms with Crippen LogP contribution in [0.4, 0.5) is 0 Å². The maximum Gasteiger partial charge on any atom is 0.0896 e. The molecule has 4 nitrogen and oxygen atoms in total. The number of nitrogens with zero attached hydrogens (tertiary/aromatic N) is 1. The highest BCUT2D eigenvalue weighted by atomic mass is 16.5. The molecule has 0 radical (unpaired) electrons. The molecule has 1 aliphatic heterocycles. The van der Waals surface area contributed by atoms with E-state index in [4.69, 9.17) is 9.47 Å². The fourth-order valence-electron chi connectivity index (χ4n) is 3.02. The van der Waals surface area contributed by atoms with Gasteiger partial charge in [-0.3, -0.25) is 4.90 Å². The summed E-state index contributed by atoms with van der Waals surface area (Å²) in [5.41, 5.74) is 2.58. The third-order valence-electron chi connectivity index (χ3n) is 3.94. The Bertz CT molecular complexity index is 409. The van der Waals surface area contributed by atoms with E-state index < -0.39 is 0 Å². The third-order valence-corrected chi connectivity index (χ3v) is 3.94. The number of hydrogen-bond donors (Lipinski definition) is 1. The van der Waals surface area contributed by atoms with Gasteiger partial charge in [-0.1, -0.05) is 31.2 Å². The van der Waals surface area contributed by atoms with Crippen molar-refractivity contribution in [2.45, 2.75) is 25.7 Å². The Morgan fingerprint density at radius 1 is 1.40 bits per heavy atom. The fraction of sp³-hybridized carbons (Fsp3) is 0.625. The van der Waals surface area contributed by atoms with Crippen LogP contribution in [0.25, 0.3) is 0 Å². The Labute approximate surface area is 122 Å². The lowest BCUT2D eigenvalue weighted by molar-refractivity contribution is -0.0692. The second-order valence-electron chi connectivity index (χ2n) is 5.17. The van der Waals surface area contributed by atoms with Crippen molar-refractivity contribution < 1.29 is 9.47 Å². The van der Waals surface area contributed by atoms with E-state index in [2.05, 4.69) is 41.4 Å². The van der Waals surface area contributed by atoms with E-state index in [1.165, 1.54) is 11.1 Å². The monoisotopic (exact) mass is 278 g/mol. The summed E-state index contributed by atoms with van der Waals surface area (Å²) in [5.74, 6) is 0. The van der Waals surface area contributed by atoms with E-state index in [1.54, 1.807) is 7.11 Å². The number of methoxy groups -OCH3 is 1. The number of morpholine rings is 1. The highest BCUT2D eigenvalue weighted by Crippen LogP contribution is 2.31. The quantitative estimate of drug-likeness (QED) is 0.860. The second-order valence-corrected chi connectivity index (χ2v) is 5.17. The van der Waals surface area contributed by atoms with Crippen LogP contribution in [0.1, 0.15) is 24.1 Å². The number of ether oxygens (including phenoxy) is 2. The molecular formula is C16H26N2O2. The molecule has 1 aliphatic rings. The second kappa shape index (κ2) is 7.74. The summed E-state index contributed by atoms with van der Waals surface area (Å²) in [6, 6.07) is 8.84. The average molecular weight is 278 g/mol. The molecule has 2 unspecified atom stereocenters. The first-order valence-electron chi connectivity index (χ1n) is 7.38. The molecular weight excluding hydrogens is 252 g/mol. The standard InChI is InChI=1S/C16H26N2O2/c1-4-18-9-10-20-15(11-17-2)16(18)14-8-6-5-7-13(14)12-19-3/h5-8,15-17H,4,9-12H2,1-3H3. The van der Waals surface area contributed by atoms with E-state index in [-0.39, 0.29) is 6.10 Å². The van der Waals surface area contributed by atoms with E-state index in [0.29, 0.717) is 12.6 Å². The van der Waals surface area contributed by atoms with E-state index in [9.17, 15) is 0 Å². The first-order chi connectivity index (χ1) is 9.81. The predicted molar refractivity (Wildman–Crippen MR) is 80.8 cm³/mol. The molecule has 1 heterocycles. The van der Waals surface area contributed by atoms with Crippen LogP contribution >= 0.6 is 0 Å². The lowest BCUT2D eigenvalue weighted by Crippen LogP contribution is -2.48. The summed E-state index contributed by atoms with van der Waals surface area (Å²) in [7, 11) is 3.73. The van der Waals surface area contributed by atoms with Gasteiger partial charge in [-0.25, -0.2) is 0 Å². The first kappa shape index (κ1) is 15.4. The number of likely N-dealkylation sites (N-methyl/N-ethyl adjacent to an activating group) is 2. The van der Waals surface area contributed by atoms with Gasteiger partial charge in [0.1, 0.15) is 0 Å². The zero-order valence-electron chi connectivity index (χ0n) is 12.8. The Hall–Kier alpha value is -0.940. The van der Waals surface area contributed by atoms with Gasteiger partial charge >= 0.3 is 0 Å². The third kappa shape index (κ3) is 3.38. The molecule has 0 spiro atoms. The summed E-state index contributed by atoms with van der Waals surface area (Å²) in [4.78, 5) is 2.50. The Balaban J connectivity index is 2.32. The van der Waals surface area contributed by atoms with Crippen molar-refractivity contribution in [2.24, 2.45) is 0 Å². The molecule has 2 atom stereocenters. The smallest absolute Gasteiger partial charge is 0.0896 e. The largest absolute Gasteiger partial charge is 0.380 e. The molecule has 4 heteroatoms. The van der Waals surface area contributed by atoms with Crippen molar-refractivity contribution in [3.05, 3.63) is 35.4 Å². The average Bonchev–Trinajstić information content (AvgIpc) is 2.48. The topological polar surface area (TPSA) is 33.7 Å². The lowest BCUT2D eigenvalue weighted by atomic mass is 9.93. The zero-order valence-corrected chi connectivity index (χ0v) is 12.8. The van der Waals surface area contributed by atoms with Crippen molar-refractivity contribution in [3.63, 3.8) is 0 Å². The van der Waals surface area contributed by atoms with Crippen LogP contribution in [-0.4, -0.2) is 51.4 Å². The summed E-state index contributed by atoms with van der Waals surface area (Å²) in [5, 5.41) is 3.25. The molecule has 0 aromatic heterocycles. The molecule has 1 N–H and O–H groups in total. The van der Waals surface area contributed by atoms with Gasteiger partial charge in [0.05, 0.1) is 25.4 Å². The predicted octanol–water partition coefficient (Wildman–Crippen LogP) is 1.81. The van der Waals surface area contributed by atoms with Crippen molar-refractivity contribution in [1.82, 2.24) is 10.2 Å². The summed E-state index contributed by atoms with van der Waals surface area (Å²) < 4.78 is 11.4. The summed E-state index contributed by atoms with van der Waals surface area (Å²) >= 11 is 0. The number of rotatable bonds is 6. The van der Waals surface area contributed by atoms with Crippen molar-refractivity contribution >= 4 is 0 Å². The number of hydrogen-bond acceptors (Lipinski definition) is 4. The summed E-state index contributed by atoms with van der Waals surface area (Å²) in [6.07, 6.45) is 0.187. The molecule has 1 aromatic rings. The maximum atomic E-state index is 6.01. The Morgan fingerprint density at radius 3 is 2.90 bits per heavy atom. The molecule has 20 heavy (non-hydrogen) atoms. The fourth-order valence-corrected chi connectivity index (χ4v) is 3.02. The van der Waals surface area contributed by atoms with Gasteiger partial charge in [-0.05, 0) is 24.7 Å². The molecule has 1 aromatic carbocycles. The van der Waals surface area contributed by atoms with Crippen LogP contribution in [0.5, 0.6) is 0 Å². The first-order valence-corrected chi connectivity index (χ1v) is 7.38. The van der Waals surface area contributed by atoms with Gasteiger partial charge in [0, 0.05) is 20.2 Å². The van der Waals surface area contributed by atoms with Gasteiger partial charge in [0.2, 0.25) is 0 Å². The van der Waals surface area contributed by atoms with E-state index in [0.717, 1.165) is 26.2 Å². The van der Waals surface area contributed by atoms with Crippen LogP contribution < -0.4 is 5.32 Å².